The number of hydrogen-bond donors (Lipinski definition) is 1. The molecule has 1 aromatic rings. The van der Waals surface area contributed by atoms with E-state index in [2.05, 4.69) is 59.7 Å². The average molecular weight is 315 g/mol. The molecule has 0 saturated carbocycles. The van der Waals surface area contributed by atoms with E-state index in [0.717, 1.165) is 28.8 Å². The summed E-state index contributed by atoms with van der Waals surface area (Å²) in [4.78, 5) is 4.52. The normalized spacial score (nSPS) is 12.8. The molecule has 3 nitrogen and oxygen atoms in total. The van der Waals surface area contributed by atoms with E-state index in [-0.39, 0.29) is 6.61 Å². The van der Waals surface area contributed by atoms with Crippen LogP contribution in [0.3, 0.4) is 0 Å². The van der Waals surface area contributed by atoms with E-state index in [0.29, 0.717) is 6.04 Å². The summed E-state index contributed by atoms with van der Waals surface area (Å²) in [6.07, 6.45) is 0. The molecule has 0 fully saturated rings. The van der Waals surface area contributed by atoms with Gasteiger partial charge < -0.3 is 14.9 Å². The van der Waals surface area contributed by atoms with Crippen molar-refractivity contribution in [3.8, 4) is 0 Å². The Balaban J connectivity index is 3.00. The van der Waals surface area contributed by atoms with Gasteiger partial charge >= 0.3 is 0 Å². The van der Waals surface area contributed by atoms with Crippen LogP contribution in [-0.4, -0.2) is 43.2 Å². The van der Waals surface area contributed by atoms with Crippen LogP contribution >= 0.6 is 15.9 Å². The van der Waals surface area contributed by atoms with Crippen LogP contribution in [0.15, 0.2) is 22.7 Å². The molecule has 0 aliphatic carbocycles. The molecule has 0 radical (unpaired) electrons. The number of aliphatic hydroxyl groups excluding tert-OH is 1. The Morgan fingerprint density at radius 2 is 2.00 bits per heavy atom. The molecule has 0 aliphatic heterocycles. The second-order valence-corrected chi connectivity index (χ2v) is 5.74. The molecule has 0 saturated heterocycles. The summed E-state index contributed by atoms with van der Waals surface area (Å²) >= 11 is 3.45. The van der Waals surface area contributed by atoms with Crippen LogP contribution in [0.4, 0.5) is 5.69 Å². The topological polar surface area (TPSA) is 26.7 Å². The summed E-state index contributed by atoms with van der Waals surface area (Å²) in [5, 5.41) is 9.49. The molecule has 0 aromatic heterocycles. The van der Waals surface area contributed by atoms with Gasteiger partial charge in [0.1, 0.15) is 0 Å². The van der Waals surface area contributed by atoms with E-state index in [9.17, 15) is 5.11 Å². The minimum absolute atomic E-state index is 0.0694. The van der Waals surface area contributed by atoms with E-state index in [4.69, 9.17) is 0 Å². The molecule has 1 atom stereocenters. The monoisotopic (exact) mass is 314 g/mol. The maximum atomic E-state index is 9.49. The molecule has 0 spiro atoms. The van der Waals surface area contributed by atoms with Gasteiger partial charge in [0.15, 0.2) is 0 Å². The molecule has 0 aliphatic rings. The second-order valence-electron chi connectivity index (χ2n) is 4.83. The predicted molar refractivity (Wildman–Crippen MR) is 81.1 cm³/mol. The fourth-order valence-electron chi connectivity index (χ4n) is 2.31. The van der Waals surface area contributed by atoms with Crippen LogP contribution in [-0.2, 0) is 6.61 Å². The van der Waals surface area contributed by atoms with Gasteiger partial charge in [0.2, 0.25) is 0 Å². The summed E-state index contributed by atoms with van der Waals surface area (Å²) in [5.41, 5.74) is 2.09. The summed E-state index contributed by atoms with van der Waals surface area (Å²) in [6, 6.07) is 6.50. The van der Waals surface area contributed by atoms with Crippen LogP contribution in [0.2, 0.25) is 0 Å². The zero-order valence-corrected chi connectivity index (χ0v) is 13.2. The van der Waals surface area contributed by atoms with Gasteiger partial charge in [-0.25, -0.2) is 0 Å². The summed E-state index contributed by atoms with van der Waals surface area (Å²) in [6.45, 7) is 6.36. The molecular formula is C14H23BrN2O. The molecule has 1 rings (SSSR count). The highest BCUT2D eigenvalue weighted by atomic mass is 79.9. The lowest BCUT2D eigenvalue weighted by molar-refractivity contribution is 0.281. The van der Waals surface area contributed by atoms with Crippen LogP contribution in [0.25, 0.3) is 0 Å². The number of nitrogens with zero attached hydrogens (tertiary/aromatic N) is 2. The summed E-state index contributed by atoms with van der Waals surface area (Å²) in [7, 11) is 4.16. The molecule has 4 heteroatoms. The number of benzene rings is 1. The molecule has 1 unspecified atom stereocenters. The van der Waals surface area contributed by atoms with E-state index in [1.165, 1.54) is 0 Å². The lowest BCUT2D eigenvalue weighted by Gasteiger charge is -2.33. The Morgan fingerprint density at radius 3 is 2.50 bits per heavy atom. The van der Waals surface area contributed by atoms with Gasteiger partial charge in [-0.1, -0.05) is 15.9 Å². The maximum Gasteiger partial charge on any atom is 0.0702 e. The van der Waals surface area contributed by atoms with Gasteiger partial charge in [-0.3, -0.25) is 0 Å². The summed E-state index contributed by atoms with van der Waals surface area (Å²) < 4.78 is 1.01. The Labute approximate surface area is 119 Å². The molecule has 1 aromatic carbocycles. The van der Waals surface area contributed by atoms with Crippen molar-refractivity contribution in [1.29, 1.82) is 0 Å². The van der Waals surface area contributed by atoms with E-state index >= 15 is 0 Å². The van der Waals surface area contributed by atoms with Crippen LogP contribution in [0.1, 0.15) is 19.4 Å². The summed E-state index contributed by atoms with van der Waals surface area (Å²) in [5.74, 6) is 0. The Kier molecular flexibility index (Phi) is 6.12. The number of hydrogen-bond acceptors (Lipinski definition) is 3. The first-order valence-corrected chi connectivity index (χ1v) is 7.09. The second kappa shape index (κ2) is 7.12. The van der Waals surface area contributed by atoms with Gasteiger partial charge in [0.25, 0.3) is 0 Å². The van der Waals surface area contributed by atoms with Crippen molar-refractivity contribution in [2.45, 2.75) is 26.5 Å². The van der Waals surface area contributed by atoms with E-state index in [1.54, 1.807) is 0 Å². The standard InChI is InChI=1S/C14H23BrN2O/c1-5-17(11(2)9-16(3)4)14-7-6-13(15)8-12(14)10-18/h6-8,11,18H,5,9-10H2,1-4H3. The molecule has 0 amide bonds. The van der Waals surface area contributed by atoms with Gasteiger partial charge in [-0.2, -0.15) is 0 Å². The number of rotatable bonds is 6. The first-order valence-electron chi connectivity index (χ1n) is 6.30. The third-order valence-electron chi connectivity index (χ3n) is 3.02. The predicted octanol–water partition coefficient (Wildman–Crippen LogP) is 2.72. The first-order chi connectivity index (χ1) is 8.49. The molecule has 0 bridgehead atoms. The smallest absolute Gasteiger partial charge is 0.0702 e. The zero-order valence-electron chi connectivity index (χ0n) is 11.7. The Bertz CT molecular complexity index is 382. The molecule has 102 valence electrons. The fraction of sp³-hybridized carbons (Fsp3) is 0.571. The van der Waals surface area contributed by atoms with Gasteiger partial charge in [-0.15, -0.1) is 0 Å². The SMILES string of the molecule is CCN(c1ccc(Br)cc1CO)C(C)CN(C)C. The third kappa shape index (κ3) is 3.97. The number of likely N-dealkylation sites (N-methyl/N-ethyl adjacent to an activating group) is 2. The van der Waals surface area contributed by atoms with E-state index in [1.807, 2.05) is 12.1 Å². The van der Waals surface area contributed by atoms with Crippen LogP contribution in [0, 0.1) is 0 Å². The van der Waals surface area contributed by atoms with Crippen LogP contribution < -0.4 is 4.90 Å². The van der Waals surface area contributed by atoms with E-state index < -0.39 is 0 Å². The van der Waals surface area contributed by atoms with Crippen LogP contribution in [0.5, 0.6) is 0 Å². The minimum Gasteiger partial charge on any atom is -0.392 e. The van der Waals surface area contributed by atoms with Gasteiger partial charge in [0.05, 0.1) is 6.61 Å². The van der Waals surface area contributed by atoms with Gasteiger partial charge in [0, 0.05) is 34.9 Å². The molecule has 0 heterocycles. The number of anilines is 1. The number of aliphatic hydroxyl groups is 1. The van der Waals surface area contributed by atoms with Crippen molar-refractivity contribution in [2.24, 2.45) is 0 Å². The average Bonchev–Trinajstić information content (AvgIpc) is 2.30. The highest BCUT2D eigenvalue weighted by molar-refractivity contribution is 9.10. The lowest BCUT2D eigenvalue weighted by atomic mass is 10.1. The fourth-order valence-corrected chi connectivity index (χ4v) is 2.72. The highest BCUT2D eigenvalue weighted by Crippen LogP contribution is 2.26. The minimum atomic E-state index is 0.0694. The first kappa shape index (κ1) is 15.5. The van der Waals surface area contributed by atoms with Crippen molar-refractivity contribution >= 4 is 21.6 Å². The third-order valence-corrected chi connectivity index (χ3v) is 3.52. The van der Waals surface area contributed by atoms with Crippen molar-refractivity contribution in [3.05, 3.63) is 28.2 Å². The quantitative estimate of drug-likeness (QED) is 0.874. The van der Waals surface area contributed by atoms with Crippen molar-refractivity contribution < 1.29 is 5.11 Å². The number of halogens is 1. The van der Waals surface area contributed by atoms with Crippen molar-refractivity contribution in [2.75, 3.05) is 32.1 Å². The Morgan fingerprint density at radius 1 is 1.33 bits per heavy atom. The molecule has 1 N–H and O–H groups in total. The van der Waals surface area contributed by atoms with Crippen molar-refractivity contribution in [3.63, 3.8) is 0 Å². The van der Waals surface area contributed by atoms with Gasteiger partial charge in [-0.05, 0) is 46.1 Å². The largest absolute Gasteiger partial charge is 0.392 e. The highest BCUT2D eigenvalue weighted by Gasteiger charge is 2.16. The Hall–Kier alpha value is -0.580. The maximum absolute atomic E-state index is 9.49. The van der Waals surface area contributed by atoms with Crippen molar-refractivity contribution in [1.82, 2.24) is 4.90 Å². The zero-order chi connectivity index (χ0) is 13.7. The molecular weight excluding hydrogens is 292 g/mol. The lowest BCUT2D eigenvalue weighted by Crippen LogP contribution is -2.40. The molecule has 18 heavy (non-hydrogen) atoms.